The highest BCUT2D eigenvalue weighted by atomic mass is 35.5. The molecule has 1 saturated heterocycles. The van der Waals surface area contributed by atoms with Crippen LogP contribution in [-0.4, -0.2) is 27.9 Å². The number of piperidine rings is 1. The number of Topliss-reactive ketones (excluding diaryl/α,β-unsaturated/α-hetero) is 1. The second kappa shape index (κ2) is 3.06. The van der Waals surface area contributed by atoms with Crippen molar-refractivity contribution in [3.05, 3.63) is 0 Å². The van der Waals surface area contributed by atoms with Gasteiger partial charge in [0.25, 0.3) is 0 Å². The minimum atomic E-state index is -1.10. The van der Waals surface area contributed by atoms with E-state index in [2.05, 4.69) is 14.1 Å². The van der Waals surface area contributed by atoms with Crippen LogP contribution >= 0.6 is 32.6 Å². The number of ketones is 1. The van der Waals surface area contributed by atoms with Gasteiger partial charge in [-0.3, -0.25) is 9.46 Å². The molecule has 1 spiro atoms. The van der Waals surface area contributed by atoms with E-state index in [0.717, 1.165) is 25.9 Å². The lowest BCUT2D eigenvalue weighted by Gasteiger charge is -2.53. The SMILES string of the molecule is O=C1CC2(CCN(P)CC2)C1(Cl)Cl. The summed E-state index contributed by atoms with van der Waals surface area (Å²) < 4.78 is 1.07. The molecule has 5 heteroatoms. The zero-order valence-corrected chi connectivity index (χ0v) is 9.89. The molecule has 2 fully saturated rings. The van der Waals surface area contributed by atoms with Crippen LogP contribution in [-0.2, 0) is 4.79 Å². The molecule has 1 atom stereocenters. The summed E-state index contributed by atoms with van der Waals surface area (Å²) in [7, 11) is 2.67. The number of halogens is 2. The van der Waals surface area contributed by atoms with E-state index < -0.39 is 4.33 Å². The van der Waals surface area contributed by atoms with Crippen LogP contribution in [0.1, 0.15) is 19.3 Å². The van der Waals surface area contributed by atoms with E-state index in [9.17, 15) is 4.79 Å². The third-order valence-corrected chi connectivity index (χ3v) is 5.01. The summed E-state index contributed by atoms with van der Waals surface area (Å²) >= 11 is 12.1. The number of nitrogens with zero attached hydrogens (tertiary/aromatic N) is 1. The molecule has 0 amide bonds. The lowest BCUT2D eigenvalue weighted by molar-refractivity contribution is -0.136. The van der Waals surface area contributed by atoms with Gasteiger partial charge < -0.3 is 0 Å². The van der Waals surface area contributed by atoms with Gasteiger partial charge in [0.2, 0.25) is 0 Å². The molecule has 1 aliphatic heterocycles. The van der Waals surface area contributed by atoms with E-state index in [1.165, 1.54) is 0 Å². The summed E-state index contributed by atoms with van der Waals surface area (Å²) in [5, 5.41) is 0. The third-order valence-electron chi connectivity index (χ3n) is 3.27. The van der Waals surface area contributed by atoms with Gasteiger partial charge in [-0.25, -0.2) is 0 Å². The second-order valence-corrected chi connectivity index (χ2v) is 6.05. The first kappa shape index (κ1) is 10.2. The fourth-order valence-electron chi connectivity index (χ4n) is 2.16. The van der Waals surface area contributed by atoms with Crippen molar-refractivity contribution in [3.8, 4) is 0 Å². The number of rotatable bonds is 0. The molecule has 0 radical (unpaired) electrons. The fourth-order valence-corrected chi connectivity index (χ4v) is 3.06. The fraction of sp³-hybridized carbons (Fsp3) is 0.875. The highest BCUT2D eigenvalue weighted by Gasteiger charge is 2.64. The van der Waals surface area contributed by atoms with E-state index in [-0.39, 0.29) is 11.2 Å². The Hall–Kier alpha value is 0.640. The highest BCUT2D eigenvalue weighted by Crippen LogP contribution is 2.60. The topological polar surface area (TPSA) is 20.3 Å². The maximum absolute atomic E-state index is 11.2. The van der Waals surface area contributed by atoms with Crippen LogP contribution in [0.4, 0.5) is 0 Å². The monoisotopic (exact) mass is 239 g/mol. The van der Waals surface area contributed by atoms with Crippen LogP contribution in [0, 0.1) is 5.41 Å². The van der Waals surface area contributed by atoms with Crippen molar-refractivity contribution < 1.29 is 4.79 Å². The van der Waals surface area contributed by atoms with Crippen molar-refractivity contribution in [1.29, 1.82) is 0 Å². The zero-order chi connectivity index (χ0) is 9.69. The number of hydrogen-bond donors (Lipinski definition) is 0. The van der Waals surface area contributed by atoms with E-state index in [0.29, 0.717) is 6.42 Å². The van der Waals surface area contributed by atoms with Gasteiger partial charge in [0.15, 0.2) is 10.1 Å². The Balaban J connectivity index is 2.12. The molecule has 13 heavy (non-hydrogen) atoms. The molecule has 2 aliphatic rings. The summed E-state index contributed by atoms with van der Waals surface area (Å²) in [6, 6.07) is 0. The Morgan fingerprint density at radius 2 is 1.85 bits per heavy atom. The maximum Gasteiger partial charge on any atom is 0.181 e. The van der Waals surface area contributed by atoms with Gasteiger partial charge in [-0.15, -0.1) is 0 Å². The summed E-state index contributed by atoms with van der Waals surface area (Å²) in [5.41, 5.74) is -0.125. The van der Waals surface area contributed by atoms with Crippen LogP contribution in [0.25, 0.3) is 0 Å². The average molecular weight is 240 g/mol. The third kappa shape index (κ3) is 1.34. The number of hydrogen-bond acceptors (Lipinski definition) is 2. The van der Waals surface area contributed by atoms with Crippen LogP contribution in [0.3, 0.4) is 0 Å². The Morgan fingerprint density at radius 1 is 1.31 bits per heavy atom. The Morgan fingerprint density at radius 3 is 2.23 bits per heavy atom. The minimum Gasteiger partial charge on any atom is -0.296 e. The standard InChI is InChI=1S/C8H12Cl2NOP/c9-8(10)6(12)5-7(8)1-3-11(13)4-2-7/h1-5,13H2. The first-order valence-electron chi connectivity index (χ1n) is 4.39. The number of carbonyl (C=O) groups excluding carboxylic acids is 1. The molecule has 74 valence electrons. The zero-order valence-electron chi connectivity index (χ0n) is 7.22. The molecule has 0 aromatic heterocycles. The van der Waals surface area contributed by atoms with Crippen molar-refractivity contribution in [2.24, 2.45) is 5.41 Å². The normalized spacial score (nSPS) is 31.8. The Bertz CT molecular complexity index is 249. The molecule has 1 heterocycles. The van der Waals surface area contributed by atoms with Gasteiger partial charge in [0.1, 0.15) is 0 Å². The lowest BCUT2D eigenvalue weighted by Crippen LogP contribution is -2.60. The molecule has 0 N–H and O–H groups in total. The molecule has 1 aliphatic carbocycles. The summed E-state index contributed by atoms with van der Waals surface area (Å²) in [6.07, 6.45) is 2.42. The van der Waals surface area contributed by atoms with Gasteiger partial charge in [-0.05, 0) is 12.8 Å². The molecule has 2 rings (SSSR count). The van der Waals surface area contributed by atoms with E-state index >= 15 is 0 Å². The van der Waals surface area contributed by atoms with Gasteiger partial charge >= 0.3 is 0 Å². The van der Waals surface area contributed by atoms with E-state index in [1.807, 2.05) is 0 Å². The van der Waals surface area contributed by atoms with Crippen molar-refractivity contribution in [2.75, 3.05) is 13.1 Å². The first-order chi connectivity index (χ1) is 5.98. The predicted octanol–water partition coefficient (Wildman–Crippen LogP) is 2.01. The molecule has 2 nitrogen and oxygen atoms in total. The quantitative estimate of drug-likeness (QED) is 0.476. The van der Waals surface area contributed by atoms with Crippen LogP contribution in [0.5, 0.6) is 0 Å². The van der Waals surface area contributed by atoms with Crippen LogP contribution in [0.15, 0.2) is 0 Å². The van der Waals surface area contributed by atoms with Crippen molar-refractivity contribution in [1.82, 2.24) is 4.67 Å². The Kier molecular flexibility index (Phi) is 2.40. The van der Waals surface area contributed by atoms with Gasteiger partial charge in [-0.1, -0.05) is 32.6 Å². The largest absolute Gasteiger partial charge is 0.296 e. The highest BCUT2D eigenvalue weighted by molar-refractivity contribution is 7.13. The number of alkyl halides is 2. The molecule has 1 unspecified atom stereocenters. The van der Waals surface area contributed by atoms with Crippen LogP contribution < -0.4 is 0 Å². The van der Waals surface area contributed by atoms with Crippen LogP contribution in [0.2, 0.25) is 0 Å². The molecule has 0 aromatic carbocycles. The average Bonchev–Trinajstić information content (AvgIpc) is 2.09. The lowest BCUT2D eigenvalue weighted by atomic mass is 9.61. The summed E-state index contributed by atoms with van der Waals surface area (Å²) in [5.74, 6) is -0.00644. The van der Waals surface area contributed by atoms with Gasteiger partial charge in [0, 0.05) is 24.9 Å². The molecular weight excluding hydrogens is 228 g/mol. The molecular formula is C8H12Cl2NOP. The van der Waals surface area contributed by atoms with Crippen molar-refractivity contribution >= 4 is 38.4 Å². The second-order valence-electron chi connectivity index (χ2n) is 3.99. The predicted molar refractivity (Wildman–Crippen MR) is 57.0 cm³/mol. The van der Waals surface area contributed by atoms with Crippen molar-refractivity contribution in [2.45, 2.75) is 23.6 Å². The number of carbonyl (C=O) groups is 1. The van der Waals surface area contributed by atoms with Gasteiger partial charge in [0.05, 0.1) is 0 Å². The minimum absolute atomic E-state index is 0.00644. The molecule has 0 aromatic rings. The summed E-state index contributed by atoms with van der Waals surface area (Å²) in [4.78, 5) is 11.2. The first-order valence-corrected chi connectivity index (χ1v) is 5.66. The summed E-state index contributed by atoms with van der Waals surface area (Å²) in [6.45, 7) is 1.91. The van der Waals surface area contributed by atoms with Crippen molar-refractivity contribution in [3.63, 3.8) is 0 Å². The molecule has 1 saturated carbocycles. The van der Waals surface area contributed by atoms with Gasteiger partial charge in [-0.2, -0.15) is 0 Å². The molecule has 0 bridgehead atoms. The maximum atomic E-state index is 11.2. The van der Waals surface area contributed by atoms with E-state index in [4.69, 9.17) is 23.2 Å². The smallest absolute Gasteiger partial charge is 0.181 e. The Labute approximate surface area is 90.2 Å². The van der Waals surface area contributed by atoms with E-state index in [1.54, 1.807) is 0 Å².